The van der Waals surface area contributed by atoms with Crippen LogP contribution in [0, 0.1) is 18.3 Å². The normalized spacial score (nSPS) is 13.1. The van der Waals surface area contributed by atoms with Crippen LogP contribution in [0.2, 0.25) is 0 Å². The average molecular weight is 264 g/mol. The van der Waals surface area contributed by atoms with E-state index in [9.17, 15) is 9.90 Å². The first-order chi connectivity index (χ1) is 8.74. The van der Waals surface area contributed by atoms with Crippen LogP contribution >= 0.6 is 0 Å². The third kappa shape index (κ3) is 4.56. The van der Waals surface area contributed by atoms with Gasteiger partial charge in [0.25, 0.3) is 0 Å². The summed E-state index contributed by atoms with van der Waals surface area (Å²) in [7, 11) is 0. The van der Waals surface area contributed by atoms with Crippen molar-refractivity contribution in [2.45, 2.75) is 34.1 Å². The van der Waals surface area contributed by atoms with Crippen molar-refractivity contribution in [1.29, 1.82) is 0 Å². The van der Waals surface area contributed by atoms with Crippen LogP contribution in [-0.4, -0.2) is 17.6 Å². The number of phenolic OH excluding ortho intramolecular Hbond substituents is 1. The molecule has 0 saturated heterocycles. The molecule has 0 spiro atoms. The highest BCUT2D eigenvalue weighted by atomic mass is 16.3. The van der Waals surface area contributed by atoms with E-state index < -0.39 is 0 Å². The molecule has 1 aromatic carbocycles. The van der Waals surface area contributed by atoms with Gasteiger partial charge in [-0.3, -0.25) is 4.79 Å². The van der Waals surface area contributed by atoms with Gasteiger partial charge < -0.3 is 16.2 Å². The van der Waals surface area contributed by atoms with Gasteiger partial charge in [0.1, 0.15) is 5.75 Å². The summed E-state index contributed by atoms with van der Waals surface area (Å²) in [5.41, 5.74) is 6.89. The highest BCUT2D eigenvalue weighted by Gasteiger charge is 2.24. The topological polar surface area (TPSA) is 75.4 Å². The monoisotopic (exact) mass is 264 g/mol. The van der Waals surface area contributed by atoms with E-state index in [-0.39, 0.29) is 23.0 Å². The number of rotatable bonds is 4. The molecule has 0 bridgehead atoms. The van der Waals surface area contributed by atoms with E-state index in [0.717, 1.165) is 5.56 Å². The first kappa shape index (κ1) is 15.5. The molecule has 1 atom stereocenters. The van der Waals surface area contributed by atoms with Gasteiger partial charge in [0.2, 0.25) is 5.91 Å². The second-order valence-electron chi connectivity index (χ2n) is 6.16. The molecule has 0 fully saturated rings. The van der Waals surface area contributed by atoms with Crippen molar-refractivity contribution in [2.75, 3.05) is 11.9 Å². The first-order valence-corrected chi connectivity index (χ1v) is 6.54. The molecule has 1 amide bonds. The summed E-state index contributed by atoms with van der Waals surface area (Å²) in [6.45, 7) is 8.32. The Bertz CT molecular complexity index is 450. The summed E-state index contributed by atoms with van der Waals surface area (Å²) in [4.78, 5) is 12.2. The highest BCUT2D eigenvalue weighted by Crippen LogP contribution is 2.29. The quantitative estimate of drug-likeness (QED) is 0.732. The van der Waals surface area contributed by atoms with Crippen molar-refractivity contribution in [3.05, 3.63) is 23.8 Å². The van der Waals surface area contributed by atoms with Crippen molar-refractivity contribution in [2.24, 2.45) is 17.1 Å². The van der Waals surface area contributed by atoms with Crippen LogP contribution in [0.1, 0.15) is 32.8 Å². The zero-order chi connectivity index (χ0) is 14.6. The fourth-order valence-electron chi connectivity index (χ4n) is 2.02. The minimum Gasteiger partial charge on any atom is -0.505 e. The molecule has 4 N–H and O–H groups in total. The molecule has 0 heterocycles. The summed E-state index contributed by atoms with van der Waals surface area (Å²) in [6.07, 6.45) is 0.710. The number of phenols is 1. The molecule has 19 heavy (non-hydrogen) atoms. The lowest BCUT2D eigenvalue weighted by Gasteiger charge is -2.24. The van der Waals surface area contributed by atoms with Gasteiger partial charge in [0.05, 0.1) is 11.6 Å². The van der Waals surface area contributed by atoms with Crippen molar-refractivity contribution in [3.63, 3.8) is 0 Å². The third-order valence-electron chi connectivity index (χ3n) is 3.01. The molecule has 1 unspecified atom stereocenters. The standard InChI is InChI=1S/C15H24N2O2/c1-10-6-5-7-12(13(10)18)17-14(19)11(9-16)8-15(2,3)4/h5-7,11,18H,8-9,16H2,1-4H3,(H,17,19). The van der Waals surface area contributed by atoms with E-state index in [1.54, 1.807) is 25.1 Å². The summed E-state index contributed by atoms with van der Waals surface area (Å²) >= 11 is 0. The van der Waals surface area contributed by atoms with E-state index >= 15 is 0 Å². The molecule has 0 aromatic heterocycles. The SMILES string of the molecule is Cc1cccc(NC(=O)C(CN)CC(C)(C)C)c1O. The van der Waals surface area contributed by atoms with Crippen LogP contribution in [0.15, 0.2) is 18.2 Å². The number of para-hydroxylation sites is 1. The number of hydrogen-bond donors (Lipinski definition) is 3. The average Bonchev–Trinajstić information content (AvgIpc) is 2.30. The van der Waals surface area contributed by atoms with Crippen LogP contribution in [0.4, 0.5) is 5.69 Å². The second-order valence-corrected chi connectivity index (χ2v) is 6.16. The molecule has 0 aliphatic rings. The van der Waals surface area contributed by atoms with Gasteiger partial charge in [-0.1, -0.05) is 32.9 Å². The smallest absolute Gasteiger partial charge is 0.228 e. The Morgan fingerprint density at radius 3 is 2.58 bits per heavy atom. The molecule has 1 rings (SSSR count). The largest absolute Gasteiger partial charge is 0.505 e. The van der Waals surface area contributed by atoms with Crippen LogP contribution in [0.5, 0.6) is 5.75 Å². The number of carbonyl (C=O) groups is 1. The maximum atomic E-state index is 12.2. The number of benzene rings is 1. The predicted molar refractivity (Wildman–Crippen MR) is 78.1 cm³/mol. The van der Waals surface area contributed by atoms with Gasteiger partial charge in [-0.25, -0.2) is 0 Å². The molecule has 106 valence electrons. The van der Waals surface area contributed by atoms with Gasteiger partial charge in [0.15, 0.2) is 0 Å². The van der Waals surface area contributed by atoms with E-state index in [4.69, 9.17) is 5.73 Å². The summed E-state index contributed by atoms with van der Waals surface area (Å²) in [5.74, 6) is -0.277. The predicted octanol–water partition coefficient (Wildman–Crippen LogP) is 2.65. The molecule has 0 saturated carbocycles. The molecular formula is C15H24N2O2. The van der Waals surface area contributed by atoms with Crippen molar-refractivity contribution in [1.82, 2.24) is 0 Å². The van der Waals surface area contributed by atoms with Gasteiger partial charge >= 0.3 is 0 Å². The fourth-order valence-corrected chi connectivity index (χ4v) is 2.02. The van der Waals surface area contributed by atoms with E-state index in [2.05, 4.69) is 26.1 Å². The zero-order valence-corrected chi connectivity index (χ0v) is 12.2. The third-order valence-corrected chi connectivity index (χ3v) is 3.01. The molecule has 0 radical (unpaired) electrons. The maximum Gasteiger partial charge on any atom is 0.228 e. The second kappa shape index (κ2) is 6.06. The van der Waals surface area contributed by atoms with Gasteiger partial charge in [-0.2, -0.15) is 0 Å². The molecular weight excluding hydrogens is 240 g/mol. The molecule has 0 aliphatic heterocycles. The number of aromatic hydroxyl groups is 1. The van der Waals surface area contributed by atoms with E-state index in [0.29, 0.717) is 18.7 Å². The molecule has 4 nitrogen and oxygen atoms in total. The number of amides is 1. The van der Waals surface area contributed by atoms with Crippen LogP contribution in [0.25, 0.3) is 0 Å². The number of anilines is 1. The summed E-state index contributed by atoms with van der Waals surface area (Å²) in [5, 5.41) is 12.6. The molecule has 1 aromatic rings. The summed E-state index contributed by atoms with van der Waals surface area (Å²) in [6, 6.07) is 5.28. The first-order valence-electron chi connectivity index (χ1n) is 6.54. The van der Waals surface area contributed by atoms with Gasteiger partial charge in [-0.15, -0.1) is 0 Å². The van der Waals surface area contributed by atoms with Gasteiger partial charge in [0, 0.05) is 6.54 Å². The number of aryl methyl sites for hydroxylation is 1. The van der Waals surface area contributed by atoms with E-state index in [1.807, 2.05) is 0 Å². The Labute approximate surface area is 115 Å². The van der Waals surface area contributed by atoms with E-state index in [1.165, 1.54) is 0 Å². The van der Waals surface area contributed by atoms with Crippen LogP contribution in [0.3, 0.4) is 0 Å². The minimum absolute atomic E-state index is 0.0377. The number of nitrogens with two attached hydrogens (primary N) is 1. The Kier molecular flexibility index (Phi) is 4.95. The lowest BCUT2D eigenvalue weighted by atomic mass is 9.84. The van der Waals surface area contributed by atoms with Crippen LogP contribution in [-0.2, 0) is 4.79 Å². The fraction of sp³-hybridized carbons (Fsp3) is 0.533. The van der Waals surface area contributed by atoms with Crippen molar-refractivity contribution in [3.8, 4) is 5.75 Å². The lowest BCUT2D eigenvalue weighted by molar-refractivity contribution is -0.120. The Hall–Kier alpha value is -1.55. The summed E-state index contributed by atoms with van der Waals surface area (Å²) < 4.78 is 0. The van der Waals surface area contributed by atoms with Crippen LogP contribution < -0.4 is 11.1 Å². The van der Waals surface area contributed by atoms with Crippen molar-refractivity contribution < 1.29 is 9.90 Å². The number of hydrogen-bond acceptors (Lipinski definition) is 3. The number of carbonyl (C=O) groups excluding carboxylic acids is 1. The Morgan fingerprint density at radius 2 is 2.05 bits per heavy atom. The molecule has 0 aliphatic carbocycles. The minimum atomic E-state index is -0.250. The maximum absolute atomic E-state index is 12.2. The van der Waals surface area contributed by atoms with Gasteiger partial charge in [-0.05, 0) is 30.4 Å². The lowest BCUT2D eigenvalue weighted by Crippen LogP contribution is -2.32. The zero-order valence-electron chi connectivity index (χ0n) is 12.2. The Morgan fingerprint density at radius 1 is 1.42 bits per heavy atom. The molecule has 4 heteroatoms. The highest BCUT2D eigenvalue weighted by molar-refractivity contribution is 5.94. The Balaban J connectivity index is 2.80. The number of nitrogens with one attached hydrogen (secondary N) is 1. The van der Waals surface area contributed by atoms with Crippen molar-refractivity contribution >= 4 is 11.6 Å².